The lowest BCUT2D eigenvalue weighted by Crippen LogP contribution is -2.44. The number of nitrogens with zero attached hydrogens (tertiary/aromatic N) is 2. The minimum absolute atomic E-state index is 0.137. The maximum absolute atomic E-state index is 12.1. The van der Waals surface area contributed by atoms with E-state index in [2.05, 4.69) is 13.0 Å². The van der Waals surface area contributed by atoms with Gasteiger partial charge in [0.1, 0.15) is 0 Å². The Balaban J connectivity index is 1.93. The summed E-state index contributed by atoms with van der Waals surface area (Å²) < 4.78 is 5.25. The average Bonchev–Trinajstić information content (AvgIpc) is 2.88. The second kappa shape index (κ2) is 6.10. The van der Waals surface area contributed by atoms with E-state index < -0.39 is 6.10 Å². The molecule has 0 spiro atoms. The molecule has 1 aromatic rings. The van der Waals surface area contributed by atoms with Crippen molar-refractivity contribution in [2.75, 3.05) is 26.2 Å². The molecule has 1 unspecified atom stereocenters. The van der Waals surface area contributed by atoms with E-state index in [-0.39, 0.29) is 5.78 Å². The Hall–Kier alpha value is -1.22. The zero-order chi connectivity index (χ0) is 13.0. The Kier molecular flexibility index (Phi) is 4.48. The monoisotopic (exact) mass is 264 g/mol. The highest BCUT2D eigenvalue weighted by Gasteiger charge is 2.22. The van der Waals surface area contributed by atoms with Crippen LogP contribution in [0.15, 0.2) is 12.1 Å². The van der Waals surface area contributed by atoms with E-state index >= 15 is 0 Å². The molecule has 0 amide bonds. The fraction of sp³-hybridized carbons (Fsp3) is 0.538. The van der Waals surface area contributed by atoms with Crippen molar-refractivity contribution in [3.63, 3.8) is 0 Å². The van der Waals surface area contributed by atoms with Gasteiger partial charge in [0.25, 0.3) is 0 Å². The molecule has 1 aromatic heterocycles. The van der Waals surface area contributed by atoms with E-state index in [1.165, 1.54) is 4.88 Å². The molecule has 1 saturated heterocycles. The summed E-state index contributed by atoms with van der Waals surface area (Å²) in [5, 5.41) is 8.81. The number of nitriles is 1. The van der Waals surface area contributed by atoms with Crippen LogP contribution in [0.1, 0.15) is 21.5 Å². The number of carbonyl (C=O) groups excluding carboxylic acids is 1. The van der Waals surface area contributed by atoms with Gasteiger partial charge in [0.15, 0.2) is 11.9 Å². The third kappa shape index (κ3) is 3.16. The van der Waals surface area contributed by atoms with Gasteiger partial charge in [-0.1, -0.05) is 6.92 Å². The molecular formula is C13H16N2O2S. The fourth-order valence-corrected chi connectivity index (χ4v) is 2.80. The van der Waals surface area contributed by atoms with Crippen LogP contribution >= 0.6 is 11.3 Å². The molecule has 96 valence electrons. The van der Waals surface area contributed by atoms with Crippen molar-refractivity contribution in [3.05, 3.63) is 21.9 Å². The van der Waals surface area contributed by atoms with E-state index in [0.29, 0.717) is 19.7 Å². The first-order chi connectivity index (χ1) is 8.72. The summed E-state index contributed by atoms with van der Waals surface area (Å²) in [5.41, 5.74) is 0. The number of thiophene rings is 1. The largest absolute Gasteiger partial charge is 0.361 e. The van der Waals surface area contributed by atoms with Crippen LogP contribution in [0.2, 0.25) is 0 Å². The van der Waals surface area contributed by atoms with E-state index in [1.807, 2.05) is 17.0 Å². The van der Waals surface area contributed by atoms with Crippen LogP contribution in [0.25, 0.3) is 0 Å². The van der Waals surface area contributed by atoms with E-state index in [4.69, 9.17) is 10.00 Å². The Morgan fingerprint density at radius 3 is 3.17 bits per heavy atom. The zero-order valence-electron chi connectivity index (χ0n) is 10.4. The summed E-state index contributed by atoms with van der Waals surface area (Å²) in [4.78, 5) is 16.1. The van der Waals surface area contributed by atoms with Crippen molar-refractivity contribution in [3.8, 4) is 6.07 Å². The standard InChI is InChI=1S/C13H16N2O2S/c1-2-11-3-4-13(18-11)12(16)9-15-5-6-17-10(7-14)8-15/h3-4,10H,2,5-6,8-9H2,1H3. The van der Waals surface area contributed by atoms with Gasteiger partial charge in [0, 0.05) is 18.0 Å². The molecule has 0 bridgehead atoms. The Labute approximate surface area is 111 Å². The predicted octanol–water partition coefficient (Wildman–Crippen LogP) is 1.72. The van der Waals surface area contributed by atoms with Gasteiger partial charge in [0.2, 0.25) is 0 Å². The van der Waals surface area contributed by atoms with Gasteiger partial charge < -0.3 is 4.74 Å². The molecule has 0 saturated carbocycles. The summed E-state index contributed by atoms with van der Waals surface area (Å²) in [5.74, 6) is 0.137. The van der Waals surface area contributed by atoms with Crippen LogP contribution < -0.4 is 0 Å². The van der Waals surface area contributed by atoms with Gasteiger partial charge in [-0.25, -0.2) is 0 Å². The van der Waals surface area contributed by atoms with Crippen molar-refractivity contribution in [2.24, 2.45) is 0 Å². The quantitative estimate of drug-likeness (QED) is 0.777. The highest BCUT2D eigenvalue weighted by molar-refractivity contribution is 7.14. The molecule has 1 atom stereocenters. The number of carbonyl (C=O) groups is 1. The number of hydrogen-bond acceptors (Lipinski definition) is 5. The summed E-state index contributed by atoms with van der Waals surface area (Å²) >= 11 is 1.56. The maximum Gasteiger partial charge on any atom is 0.186 e. The second-order valence-electron chi connectivity index (χ2n) is 4.27. The Morgan fingerprint density at radius 2 is 2.50 bits per heavy atom. The van der Waals surface area contributed by atoms with Crippen LogP contribution in [0.4, 0.5) is 0 Å². The van der Waals surface area contributed by atoms with Crippen LogP contribution in [0, 0.1) is 11.3 Å². The number of aryl methyl sites for hydroxylation is 1. The fourth-order valence-electron chi connectivity index (χ4n) is 1.92. The summed E-state index contributed by atoms with van der Waals surface area (Å²) in [7, 11) is 0. The minimum Gasteiger partial charge on any atom is -0.361 e. The Bertz CT molecular complexity index is 464. The topological polar surface area (TPSA) is 53.3 Å². The normalized spacial score (nSPS) is 20.6. The van der Waals surface area contributed by atoms with Crippen LogP contribution in [0.5, 0.6) is 0 Å². The number of ether oxygens (including phenoxy) is 1. The number of morpholine rings is 1. The first kappa shape index (κ1) is 13.2. The highest BCUT2D eigenvalue weighted by atomic mass is 32.1. The second-order valence-corrected chi connectivity index (χ2v) is 5.43. The molecule has 4 nitrogen and oxygen atoms in total. The third-order valence-corrected chi connectivity index (χ3v) is 4.22. The SMILES string of the molecule is CCc1ccc(C(=O)CN2CCOC(C#N)C2)s1. The number of Topliss-reactive ketones (excluding diaryl/α,β-unsaturated/α-hetero) is 1. The molecule has 18 heavy (non-hydrogen) atoms. The molecule has 2 rings (SSSR count). The van der Waals surface area contributed by atoms with Crippen molar-refractivity contribution < 1.29 is 9.53 Å². The predicted molar refractivity (Wildman–Crippen MR) is 69.8 cm³/mol. The lowest BCUT2D eigenvalue weighted by molar-refractivity contribution is 0.00246. The molecule has 1 aliphatic rings. The molecule has 1 aliphatic heterocycles. The van der Waals surface area contributed by atoms with Gasteiger partial charge in [-0.3, -0.25) is 9.69 Å². The molecule has 5 heteroatoms. The molecule has 0 N–H and O–H groups in total. The summed E-state index contributed by atoms with van der Waals surface area (Å²) in [6.07, 6.45) is 0.563. The van der Waals surface area contributed by atoms with Crippen LogP contribution in [-0.4, -0.2) is 43.0 Å². The third-order valence-electron chi connectivity index (χ3n) is 2.95. The number of ketones is 1. The first-order valence-electron chi connectivity index (χ1n) is 6.08. The summed E-state index contributed by atoms with van der Waals surface area (Å²) in [6.45, 7) is 4.23. The lowest BCUT2D eigenvalue weighted by atomic mass is 10.2. The van der Waals surface area contributed by atoms with Gasteiger partial charge in [-0.15, -0.1) is 11.3 Å². The van der Waals surface area contributed by atoms with Crippen molar-refractivity contribution in [1.82, 2.24) is 4.90 Å². The molecule has 0 aliphatic carbocycles. The molecule has 0 aromatic carbocycles. The van der Waals surface area contributed by atoms with Gasteiger partial charge in [-0.2, -0.15) is 5.26 Å². The van der Waals surface area contributed by atoms with Crippen LogP contribution in [0.3, 0.4) is 0 Å². The molecule has 0 radical (unpaired) electrons. The van der Waals surface area contributed by atoms with Gasteiger partial charge >= 0.3 is 0 Å². The smallest absolute Gasteiger partial charge is 0.186 e. The molecule has 2 heterocycles. The van der Waals surface area contributed by atoms with Crippen molar-refractivity contribution in [2.45, 2.75) is 19.4 Å². The van der Waals surface area contributed by atoms with E-state index in [9.17, 15) is 4.79 Å². The van der Waals surface area contributed by atoms with E-state index in [0.717, 1.165) is 17.8 Å². The summed E-state index contributed by atoms with van der Waals surface area (Å²) in [6, 6.07) is 5.99. The minimum atomic E-state index is -0.402. The van der Waals surface area contributed by atoms with Gasteiger partial charge in [-0.05, 0) is 18.6 Å². The average molecular weight is 264 g/mol. The van der Waals surface area contributed by atoms with E-state index in [1.54, 1.807) is 11.3 Å². The maximum atomic E-state index is 12.1. The first-order valence-corrected chi connectivity index (χ1v) is 6.90. The van der Waals surface area contributed by atoms with Gasteiger partial charge in [0.05, 0.1) is 24.1 Å². The van der Waals surface area contributed by atoms with Crippen molar-refractivity contribution >= 4 is 17.1 Å². The lowest BCUT2D eigenvalue weighted by Gasteiger charge is -2.28. The molecule has 1 fully saturated rings. The number of rotatable bonds is 4. The van der Waals surface area contributed by atoms with Crippen LogP contribution in [-0.2, 0) is 11.2 Å². The highest BCUT2D eigenvalue weighted by Crippen LogP contribution is 2.18. The molecular weight excluding hydrogens is 248 g/mol. The Morgan fingerprint density at radius 1 is 1.67 bits per heavy atom. The van der Waals surface area contributed by atoms with Crippen molar-refractivity contribution in [1.29, 1.82) is 5.26 Å². The zero-order valence-corrected chi connectivity index (χ0v) is 11.2. The number of hydrogen-bond donors (Lipinski definition) is 0.